The lowest BCUT2D eigenvalue weighted by atomic mass is 10.0. The minimum absolute atomic E-state index is 0.194. The molecule has 130 valence electrons. The number of alkyl halides is 1. The molecule has 0 amide bonds. The summed E-state index contributed by atoms with van der Waals surface area (Å²) in [5, 5.41) is 5.11. The Hall–Kier alpha value is -2.86. The van der Waals surface area contributed by atoms with Gasteiger partial charge in [0.2, 0.25) is 0 Å². The van der Waals surface area contributed by atoms with Gasteiger partial charge in [-0.1, -0.05) is 36.4 Å². The summed E-state index contributed by atoms with van der Waals surface area (Å²) in [6.45, 7) is -0.278. The van der Waals surface area contributed by atoms with Crippen molar-refractivity contribution in [3.63, 3.8) is 0 Å². The summed E-state index contributed by atoms with van der Waals surface area (Å²) in [4.78, 5) is 15.2. The molecule has 1 atom stereocenters. The highest BCUT2D eigenvalue weighted by molar-refractivity contribution is 7.10. The van der Waals surface area contributed by atoms with E-state index in [4.69, 9.17) is 9.98 Å². The average molecular weight is 364 g/mol. The number of amidine groups is 1. The van der Waals surface area contributed by atoms with Gasteiger partial charge in [-0.2, -0.15) is 0 Å². The summed E-state index contributed by atoms with van der Waals surface area (Å²) < 4.78 is 12.8. The van der Waals surface area contributed by atoms with E-state index in [0.29, 0.717) is 11.7 Å². The van der Waals surface area contributed by atoms with Gasteiger partial charge in [0.05, 0.1) is 5.71 Å². The monoisotopic (exact) mass is 364 g/mol. The standard InChI is InChI=1S/C20H17FN4S/c21-10-12-23-20-18(16-9-5-13-26-16)24-17(14-6-2-1-3-7-14)15-8-4-11-22-19(15)25-20/h1-9,11,13,18H,10,12H2,(H,22,23,25). The zero-order valence-corrected chi connectivity index (χ0v) is 14.8. The van der Waals surface area contributed by atoms with E-state index in [1.165, 1.54) is 0 Å². The Labute approximate surface area is 155 Å². The second-order valence-electron chi connectivity index (χ2n) is 5.75. The first-order valence-corrected chi connectivity index (χ1v) is 9.25. The summed E-state index contributed by atoms with van der Waals surface area (Å²) in [5.41, 5.74) is 2.72. The molecule has 0 spiro atoms. The molecule has 6 heteroatoms. The van der Waals surface area contributed by atoms with Crippen molar-refractivity contribution in [1.29, 1.82) is 0 Å². The SMILES string of the molecule is FCCNC1=Nc2ncccc2C(c2ccccc2)=NC1c1cccs1. The lowest BCUT2D eigenvalue weighted by Gasteiger charge is -2.15. The van der Waals surface area contributed by atoms with Gasteiger partial charge in [-0.15, -0.1) is 11.3 Å². The Morgan fingerprint density at radius 1 is 1.04 bits per heavy atom. The zero-order valence-electron chi connectivity index (χ0n) is 14.0. The number of hydrogen-bond acceptors (Lipinski definition) is 5. The highest BCUT2D eigenvalue weighted by atomic mass is 32.1. The van der Waals surface area contributed by atoms with Crippen molar-refractivity contribution >= 4 is 28.7 Å². The number of halogens is 1. The number of benzene rings is 1. The number of thiophene rings is 1. The molecule has 1 aliphatic heterocycles. The van der Waals surface area contributed by atoms with Crippen LogP contribution >= 0.6 is 11.3 Å². The molecule has 0 saturated heterocycles. The third-order valence-electron chi connectivity index (χ3n) is 4.05. The van der Waals surface area contributed by atoms with Crippen molar-refractivity contribution in [3.05, 3.63) is 82.2 Å². The van der Waals surface area contributed by atoms with Gasteiger partial charge in [0.15, 0.2) is 5.82 Å². The maximum atomic E-state index is 12.8. The maximum absolute atomic E-state index is 12.8. The van der Waals surface area contributed by atoms with Crippen molar-refractivity contribution in [2.45, 2.75) is 6.04 Å². The number of aromatic nitrogens is 1. The molecule has 1 unspecified atom stereocenters. The fourth-order valence-corrected chi connectivity index (χ4v) is 3.65. The third-order valence-corrected chi connectivity index (χ3v) is 4.97. The van der Waals surface area contributed by atoms with Gasteiger partial charge < -0.3 is 5.32 Å². The van der Waals surface area contributed by atoms with Gasteiger partial charge in [0.1, 0.15) is 18.6 Å². The summed E-state index contributed by atoms with van der Waals surface area (Å²) in [5.74, 6) is 1.21. The van der Waals surface area contributed by atoms with Gasteiger partial charge in [0.25, 0.3) is 0 Å². The molecule has 0 radical (unpaired) electrons. The second-order valence-corrected chi connectivity index (χ2v) is 6.73. The van der Waals surface area contributed by atoms with E-state index in [1.54, 1.807) is 17.5 Å². The van der Waals surface area contributed by atoms with Crippen LogP contribution in [-0.4, -0.2) is 29.8 Å². The van der Waals surface area contributed by atoms with Crippen LogP contribution in [-0.2, 0) is 0 Å². The molecule has 2 aromatic heterocycles. The molecule has 4 nitrogen and oxygen atoms in total. The first-order valence-electron chi connectivity index (χ1n) is 8.37. The molecule has 0 aliphatic carbocycles. The van der Waals surface area contributed by atoms with Crippen molar-refractivity contribution < 1.29 is 4.39 Å². The van der Waals surface area contributed by atoms with E-state index in [-0.39, 0.29) is 12.6 Å². The Bertz CT molecular complexity index is 935. The molecule has 4 rings (SSSR count). The Morgan fingerprint density at radius 2 is 1.92 bits per heavy atom. The van der Waals surface area contributed by atoms with Crippen LogP contribution in [0.25, 0.3) is 0 Å². The number of fused-ring (bicyclic) bond motifs is 1. The van der Waals surface area contributed by atoms with Crippen LogP contribution in [0.3, 0.4) is 0 Å². The predicted molar refractivity (Wildman–Crippen MR) is 104 cm³/mol. The molecule has 3 aromatic rings. The topological polar surface area (TPSA) is 49.6 Å². The summed E-state index contributed by atoms with van der Waals surface area (Å²) in [6, 6.07) is 17.6. The largest absolute Gasteiger partial charge is 0.369 e. The molecular formula is C20H17FN4S. The smallest absolute Gasteiger partial charge is 0.163 e. The second kappa shape index (κ2) is 7.58. The average Bonchev–Trinajstić information content (AvgIpc) is 3.16. The number of nitrogens with zero attached hydrogens (tertiary/aromatic N) is 3. The van der Waals surface area contributed by atoms with Crippen molar-refractivity contribution in [1.82, 2.24) is 10.3 Å². The van der Waals surface area contributed by atoms with Crippen molar-refractivity contribution in [2.24, 2.45) is 9.98 Å². The van der Waals surface area contributed by atoms with Crippen LogP contribution in [0.2, 0.25) is 0 Å². The summed E-state index contributed by atoms with van der Waals surface area (Å²) >= 11 is 1.61. The van der Waals surface area contributed by atoms with Crippen LogP contribution in [0.4, 0.5) is 10.2 Å². The van der Waals surface area contributed by atoms with Gasteiger partial charge in [0, 0.05) is 28.7 Å². The first-order chi connectivity index (χ1) is 12.9. The molecule has 0 fully saturated rings. The van der Waals surface area contributed by atoms with E-state index in [0.717, 1.165) is 21.7 Å². The first kappa shape index (κ1) is 16.6. The molecular weight excluding hydrogens is 347 g/mol. The molecule has 26 heavy (non-hydrogen) atoms. The summed E-state index contributed by atoms with van der Waals surface area (Å²) in [6.07, 6.45) is 1.71. The van der Waals surface area contributed by atoms with Gasteiger partial charge in [-0.05, 0) is 23.6 Å². The van der Waals surface area contributed by atoms with Crippen molar-refractivity contribution in [3.8, 4) is 0 Å². The van der Waals surface area contributed by atoms with E-state index in [1.807, 2.05) is 60.0 Å². The van der Waals surface area contributed by atoms with E-state index in [9.17, 15) is 4.39 Å². The highest BCUT2D eigenvalue weighted by Gasteiger charge is 2.25. The quantitative estimate of drug-likeness (QED) is 0.749. The minimum Gasteiger partial charge on any atom is -0.369 e. The zero-order chi connectivity index (χ0) is 17.8. The molecule has 1 N–H and O–H groups in total. The van der Waals surface area contributed by atoms with Gasteiger partial charge in [-0.3, -0.25) is 4.99 Å². The number of hydrogen-bond donors (Lipinski definition) is 1. The lowest BCUT2D eigenvalue weighted by molar-refractivity contribution is 0.489. The third kappa shape index (κ3) is 3.28. The van der Waals surface area contributed by atoms with Gasteiger partial charge in [-0.25, -0.2) is 14.4 Å². The Balaban J connectivity index is 1.91. The molecule has 3 heterocycles. The summed E-state index contributed by atoms with van der Waals surface area (Å²) in [7, 11) is 0. The fourth-order valence-electron chi connectivity index (χ4n) is 2.89. The van der Waals surface area contributed by atoms with Gasteiger partial charge >= 0.3 is 0 Å². The number of rotatable bonds is 4. The molecule has 0 saturated carbocycles. The number of aliphatic imine (C=N–C) groups is 2. The van der Waals surface area contributed by atoms with Crippen LogP contribution in [0.1, 0.15) is 22.0 Å². The van der Waals surface area contributed by atoms with E-state index >= 15 is 0 Å². The lowest BCUT2D eigenvalue weighted by Crippen LogP contribution is -2.30. The van der Waals surface area contributed by atoms with E-state index < -0.39 is 6.67 Å². The number of nitrogens with one attached hydrogen (secondary N) is 1. The predicted octanol–water partition coefficient (Wildman–Crippen LogP) is 4.32. The van der Waals surface area contributed by atoms with Crippen LogP contribution in [0.15, 0.2) is 76.2 Å². The molecule has 0 bridgehead atoms. The minimum atomic E-state index is -0.472. The van der Waals surface area contributed by atoms with E-state index in [2.05, 4.69) is 10.3 Å². The molecule has 1 aliphatic rings. The molecule has 1 aromatic carbocycles. The van der Waals surface area contributed by atoms with Crippen LogP contribution < -0.4 is 5.32 Å². The van der Waals surface area contributed by atoms with Crippen LogP contribution in [0.5, 0.6) is 0 Å². The maximum Gasteiger partial charge on any atom is 0.163 e. The Kier molecular flexibility index (Phi) is 4.84. The van der Waals surface area contributed by atoms with Crippen LogP contribution in [0, 0.1) is 0 Å². The van der Waals surface area contributed by atoms with Crippen molar-refractivity contribution in [2.75, 3.05) is 13.2 Å². The fraction of sp³-hybridized carbons (Fsp3) is 0.150. The Morgan fingerprint density at radius 3 is 2.69 bits per heavy atom. The highest BCUT2D eigenvalue weighted by Crippen LogP contribution is 2.31. The number of pyridine rings is 1. The normalized spacial score (nSPS) is 16.3.